The summed E-state index contributed by atoms with van der Waals surface area (Å²) in [5.74, 6) is -1.91. The van der Waals surface area contributed by atoms with Crippen LogP contribution in [0.4, 0.5) is 4.39 Å². The highest BCUT2D eigenvalue weighted by atomic mass is 19.1. The number of hydrogen-bond acceptors (Lipinski definition) is 4. The van der Waals surface area contributed by atoms with Crippen LogP contribution in [0.25, 0.3) is 11.1 Å². The lowest BCUT2D eigenvalue weighted by atomic mass is 9.91. The van der Waals surface area contributed by atoms with Gasteiger partial charge in [0, 0.05) is 20.6 Å². The summed E-state index contributed by atoms with van der Waals surface area (Å²) in [6.07, 6.45) is 0.922. The SMILES string of the molecule is CN(C)C(=O)C(=O)N[C@H]1CCN(C(=O)C(C)(C)CO)[C@H]1Cc1cccc(-c2cccc(F)c2)c1. The first-order chi connectivity index (χ1) is 16.0. The van der Waals surface area contributed by atoms with Gasteiger partial charge in [-0.3, -0.25) is 14.4 Å². The summed E-state index contributed by atoms with van der Waals surface area (Å²) in [5, 5.41) is 12.5. The molecule has 1 saturated heterocycles. The van der Waals surface area contributed by atoms with Crippen molar-refractivity contribution >= 4 is 17.7 Å². The Morgan fingerprint density at radius 1 is 1.12 bits per heavy atom. The van der Waals surface area contributed by atoms with Gasteiger partial charge in [0.25, 0.3) is 0 Å². The van der Waals surface area contributed by atoms with E-state index >= 15 is 0 Å². The normalized spacial score (nSPS) is 18.0. The highest BCUT2D eigenvalue weighted by molar-refractivity contribution is 6.34. The molecule has 1 heterocycles. The number of hydrogen-bond donors (Lipinski definition) is 2. The third-order valence-electron chi connectivity index (χ3n) is 6.23. The number of likely N-dealkylation sites (tertiary alicyclic amines) is 1. The Hall–Kier alpha value is -3.26. The van der Waals surface area contributed by atoms with Gasteiger partial charge in [-0.25, -0.2) is 4.39 Å². The predicted octanol–water partition coefficient (Wildman–Crippen LogP) is 2.23. The monoisotopic (exact) mass is 469 g/mol. The van der Waals surface area contributed by atoms with Crippen molar-refractivity contribution in [1.82, 2.24) is 15.1 Å². The number of carbonyl (C=O) groups excluding carboxylic acids is 3. The van der Waals surface area contributed by atoms with E-state index in [1.54, 1.807) is 24.8 Å². The van der Waals surface area contributed by atoms with Crippen LogP contribution in [0.2, 0.25) is 0 Å². The Morgan fingerprint density at radius 2 is 1.76 bits per heavy atom. The van der Waals surface area contributed by atoms with E-state index in [1.165, 1.54) is 31.1 Å². The van der Waals surface area contributed by atoms with E-state index in [-0.39, 0.29) is 18.3 Å². The quantitative estimate of drug-likeness (QED) is 0.635. The van der Waals surface area contributed by atoms with Crippen molar-refractivity contribution in [2.24, 2.45) is 5.41 Å². The number of likely N-dealkylation sites (N-methyl/N-ethyl adjacent to an activating group) is 1. The molecule has 0 unspecified atom stereocenters. The maximum atomic E-state index is 13.7. The number of aliphatic hydroxyl groups is 1. The largest absolute Gasteiger partial charge is 0.395 e. The fourth-order valence-corrected chi connectivity index (χ4v) is 4.20. The number of halogens is 1. The molecule has 1 aliphatic heterocycles. The smallest absolute Gasteiger partial charge is 0.311 e. The molecule has 0 saturated carbocycles. The third kappa shape index (κ3) is 5.62. The van der Waals surface area contributed by atoms with Crippen molar-refractivity contribution in [2.45, 2.75) is 38.8 Å². The molecule has 0 aromatic heterocycles. The fraction of sp³-hybridized carbons (Fsp3) is 0.423. The van der Waals surface area contributed by atoms with E-state index in [4.69, 9.17) is 0 Å². The van der Waals surface area contributed by atoms with E-state index in [9.17, 15) is 23.9 Å². The minimum atomic E-state index is -0.972. The fourth-order valence-electron chi connectivity index (χ4n) is 4.20. The molecule has 182 valence electrons. The number of benzene rings is 2. The summed E-state index contributed by atoms with van der Waals surface area (Å²) in [6, 6.07) is 13.1. The number of nitrogens with zero attached hydrogens (tertiary/aromatic N) is 2. The lowest BCUT2D eigenvalue weighted by molar-refractivity contribution is -0.145. The molecular formula is C26H32FN3O4. The van der Waals surface area contributed by atoms with Crippen LogP contribution in [-0.4, -0.2) is 72.0 Å². The van der Waals surface area contributed by atoms with E-state index in [2.05, 4.69) is 5.32 Å². The number of carbonyl (C=O) groups is 3. The Bertz CT molecular complexity index is 1070. The van der Waals surface area contributed by atoms with Crippen molar-refractivity contribution in [2.75, 3.05) is 27.2 Å². The summed E-state index contributed by atoms with van der Waals surface area (Å²) in [7, 11) is 3.01. The first kappa shape index (κ1) is 25.4. The van der Waals surface area contributed by atoms with Crippen LogP contribution in [0.15, 0.2) is 48.5 Å². The highest BCUT2D eigenvalue weighted by Crippen LogP contribution is 2.29. The first-order valence-electron chi connectivity index (χ1n) is 11.3. The molecule has 1 aliphatic rings. The number of aliphatic hydroxyl groups excluding tert-OH is 1. The molecule has 8 heteroatoms. The molecule has 1 fully saturated rings. The van der Waals surface area contributed by atoms with Crippen LogP contribution in [0.5, 0.6) is 0 Å². The lowest BCUT2D eigenvalue weighted by Gasteiger charge is -2.34. The molecule has 3 amide bonds. The van der Waals surface area contributed by atoms with Gasteiger partial charge in [0.15, 0.2) is 0 Å². The van der Waals surface area contributed by atoms with Gasteiger partial charge in [0.05, 0.1) is 24.1 Å². The van der Waals surface area contributed by atoms with Crippen LogP contribution in [0, 0.1) is 11.2 Å². The molecule has 2 aromatic carbocycles. The van der Waals surface area contributed by atoms with Crippen molar-refractivity contribution < 1.29 is 23.9 Å². The average molecular weight is 470 g/mol. The molecular weight excluding hydrogens is 437 g/mol. The Balaban J connectivity index is 1.90. The van der Waals surface area contributed by atoms with Gasteiger partial charge in [-0.2, -0.15) is 0 Å². The van der Waals surface area contributed by atoms with E-state index in [0.717, 1.165) is 16.7 Å². The standard InChI is InChI=1S/C26H32FN3O4/c1-26(2,16-31)25(34)30-12-11-21(28-23(32)24(33)29(3)4)22(30)14-17-7-5-8-18(13-17)19-9-6-10-20(27)15-19/h5-10,13,15,21-22,31H,11-12,14,16H2,1-4H3,(H,28,32)/t21-,22-/m0/s1. The maximum absolute atomic E-state index is 13.7. The molecule has 34 heavy (non-hydrogen) atoms. The molecule has 0 aliphatic carbocycles. The Morgan fingerprint density at radius 3 is 2.38 bits per heavy atom. The highest BCUT2D eigenvalue weighted by Gasteiger charge is 2.43. The lowest BCUT2D eigenvalue weighted by Crippen LogP contribution is -2.53. The van der Waals surface area contributed by atoms with Crippen molar-refractivity contribution in [3.05, 3.63) is 59.9 Å². The number of amides is 3. The zero-order chi connectivity index (χ0) is 25.0. The molecule has 0 spiro atoms. The summed E-state index contributed by atoms with van der Waals surface area (Å²) < 4.78 is 13.7. The topological polar surface area (TPSA) is 90.0 Å². The summed E-state index contributed by atoms with van der Waals surface area (Å²) >= 11 is 0. The number of nitrogens with one attached hydrogen (secondary N) is 1. The van der Waals surface area contributed by atoms with E-state index < -0.39 is 29.3 Å². The molecule has 3 rings (SSSR count). The van der Waals surface area contributed by atoms with Crippen LogP contribution >= 0.6 is 0 Å². The van der Waals surface area contributed by atoms with Crippen LogP contribution in [-0.2, 0) is 20.8 Å². The Labute approximate surface area is 199 Å². The van der Waals surface area contributed by atoms with Gasteiger partial charge in [-0.1, -0.05) is 36.4 Å². The van der Waals surface area contributed by atoms with Gasteiger partial charge in [0.1, 0.15) is 5.82 Å². The van der Waals surface area contributed by atoms with Gasteiger partial charge < -0.3 is 20.2 Å². The van der Waals surface area contributed by atoms with Crippen molar-refractivity contribution in [3.63, 3.8) is 0 Å². The van der Waals surface area contributed by atoms with Crippen LogP contribution in [0.3, 0.4) is 0 Å². The second kappa shape index (κ2) is 10.3. The molecule has 2 atom stereocenters. The molecule has 2 aromatic rings. The van der Waals surface area contributed by atoms with E-state index in [0.29, 0.717) is 19.4 Å². The minimum Gasteiger partial charge on any atom is -0.395 e. The van der Waals surface area contributed by atoms with Crippen LogP contribution in [0.1, 0.15) is 25.8 Å². The summed E-state index contributed by atoms with van der Waals surface area (Å²) in [5.41, 5.74) is 1.52. The van der Waals surface area contributed by atoms with Crippen molar-refractivity contribution in [1.29, 1.82) is 0 Å². The van der Waals surface area contributed by atoms with Gasteiger partial charge >= 0.3 is 11.8 Å². The molecule has 7 nitrogen and oxygen atoms in total. The minimum absolute atomic E-state index is 0.211. The number of rotatable bonds is 6. The van der Waals surface area contributed by atoms with Gasteiger partial charge in [-0.05, 0) is 55.5 Å². The predicted molar refractivity (Wildman–Crippen MR) is 127 cm³/mol. The molecule has 0 radical (unpaired) electrons. The van der Waals surface area contributed by atoms with Crippen LogP contribution < -0.4 is 5.32 Å². The molecule has 0 bridgehead atoms. The summed E-state index contributed by atoms with van der Waals surface area (Å²) in [6.45, 7) is 3.45. The average Bonchev–Trinajstić information content (AvgIpc) is 3.19. The second-order valence-corrected chi connectivity index (χ2v) is 9.59. The van der Waals surface area contributed by atoms with E-state index in [1.807, 2.05) is 30.3 Å². The molecule has 2 N–H and O–H groups in total. The van der Waals surface area contributed by atoms with Crippen molar-refractivity contribution in [3.8, 4) is 11.1 Å². The zero-order valence-corrected chi connectivity index (χ0v) is 20.0. The second-order valence-electron chi connectivity index (χ2n) is 9.59. The first-order valence-corrected chi connectivity index (χ1v) is 11.3. The summed E-state index contributed by atoms with van der Waals surface area (Å²) in [4.78, 5) is 40.7. The van der Waals surface area contributed by atoms with Gasteiger partial charge in [-0.15, -0.1) is 0 Å². The third-order valence-corrected chi connectivity index (χ3v) is 6.23. The zero-order valence-electron chi connectivity index (χ0n) is 20.0. The van der Waals surface area contributed by atoms with Gasteiger partial charge in [0.2, 0.25) is 5.91 Å². The Kier molecular flexibility index (Phi) is 7.71. The maximum Gasteiger partial charge on any atom is 0.311 e.